The number of phosphoric ester groups is 1. The number of phosphoric acid groups is 1. The summed E-state index contributed by atoms with van der Waals surface area (Å²) in [5.74, 6) is -1.50. The zero-order valence-corrected chi connectivity index (χ0v) is 44.2. The van der Waals surface area contributed by atoms with Crippen molar-refractivity contribution in [2.45, 2.75) is 251 Å². The molecule has 0 aromatic rings. The molecule has 0 saturated heterocycles. The predicted molar refractivity (Wildman–Crippen MR) is 279 cm³/mol. The van der Waals surface area contributed by atoms with E-state index in [1.165, 1.54) is 51.4 Å². The Labute approximate surface area is 415 Å². The molecule has 2 N–H and O–H groups in total. The highest BCUT2D eigenvalue weighted by Crippen LogP contribution is 2.43. The van der Waals surface area contributed by atoms with Crippen molar-refractivity contribution < 1.29 is 52.2 Å². The molecule has 12 heteroatoms. The van der Waals surface area contributed by atoms with E-state index in [9.17, 15) is 28.9 Å². The van der Waals surface area contributed by atoms with Crippen LogP contribution in [0.2, 0.25) is 0 Å². The molecule has 394 valence electrons. The number of esters is 3. The molecule has 0 heterocycles. The van der Waals surface area contributed by atoms with Crippen molar-refractivity contribution >= 4 is 25.7 Å². The molecule has 0 rings (SSSR count). The molecule has 0 saturated carbocycles. The second kappa shape index (κ2) is 50.6. The fourth-order valence-corrected chi connectivity index (χ4v) is 8.01. The van der Waals surface area contributed by atoms with Crippen molar-refractivity contribution in [1.29, 1.82) is 0 Å². The molecule has 3 unspecified atom stereocenters. The van der Waals surface area contributed by atoms with E-state index >= 15 is 0 Å². The number of hydrogen-bond acceptors (Lipinski definition) is 10. The summed E-state index contributed by atoms with van der Waals surface area (Å²) in [6, 6.07) is 0. The molecule has 11 nitrogen and oxygen atoms in total. The summed E-state index contributed by atoms with van der Waals surface area (Å²) in [5, 5.41) is 9.77. The van der Waals surface area contributed by atoms with Crippen LogP contribution < -0.4 is 0 Å². The number of unbranched alkanes of at least 4 members (excludes halogenated alkanes) is 23. The molecule has 0 amide bonds. The predicted octanol–water partition coefficient (Wildman–Crippen LogP) is 15.6. The Balaban J connectivity index is 4.78. The molecule has 0 fully saturated rings. The molecule has 0 aromatic heterocycles. The first kappa shape index (κ1) is 65.2. The van der Waals surface area contributed by atoms with Crippen LogP contribution >= 0.6 is 7.82 Å². The van der Waals surface area contributed by atoms with Crippen molar-refractivity contribution in [2.75, 3.05) is 26.4 Å². The van der Waals surface area contributed by atoms with Crippen molar-refractivity contribution in [2.24, 2.45) is 0 Å². The fourth-order valence-electron chi connectivity index (χ4n) is 7.23. The van der Waals surface area contributed by atoms with Crippen LogP contribution in [0.1, 0.15) is 239 Å². The van der Waals surface area contributed by atoms with Gasteiger partial charge in [-0.3, -0.25) is 23.4 Å². The van der Waals surface area contributed by atoms with Gasteiger partial charge in [0, 0.05) is 19.3 Å². The third-order valence-corrected chi connectivity index (χ3v) is 12.3. The van der Waals surface area contributed by atoms with E-state index in [1.807, 2.05) is 0 Å². The summed E-state index contributed by atoms with van der Waals surface area (Å²) in [4.78, 5) is 48.4. The van der Waals surface area contributed by atoms with Gasteiger partial charge in [0.1, 0.15) is 12.7 Å². The Bertz CT molecular complexity index is 1370. The van der Waals surface area contributed by atoms with Gasteiger partial charge in [-0.25, -0.2) is 4.57 Å². The number of allylic oxidation sites excluding steroid dienone is 10. The van der Waals surface area contributed by atoms with Gasteiger partial charge in [-0.05, 0) is 96.3 Å². The molecule has 0 aromatic carbocycles. The normalized spacial score (nSPS) is 13.9. The van der Waals surface area contributed by atoms with E-state index in [2.05, 4.69) is 81.5 Å². The van der Waals surface area contributed by atoms with Gasteiger partial charge in [-0.15, -0.1) is 0 Å². The van der Waals surface area contributed by atoms with Crippen molar-refractivity contribution in [3.8, 4) is 0 Å². The highest BCUT2D eigenvalue weighted by Gasteiger charge is 2.28. The topological polar surface area (TPSA) is 155 Å². The quantitative estimate of drug-likeness (QED) is 0.0197. The molecule has 68 heavy (non-hydrogen) atoms. The molecule has 0 aliphatic carbocycles. The average Bonchev–Trinajstić information content (AvgIpc) is 3.32. The number of aliphatic hydroxyl groups excluding tert-OH is 1. The van der Waals surface area contributed by atoms with E-state index in [-0.39, 0.29) is 25.9 Å². The zero-order valence-electron chi connectivity index (χ0n) is 43.3. The second-order valence-electron chi connectivity index (χ2n) is 18.0. The van der Waals surface area contributed by atoms with E-state index in [1.54, 1.807) is 0 Å². The molecular weight excluding hydrogens is 880 g/mol. The van der Waals surface area contributed by atoms with E-state index in [4.69, 9.17) is 23.3 Å². The minimum atomic E-state index is -4.75. The number of hydrogen-bond donors (Lipinski definition) is 2. The number of aliphatic hydroxyl groups is 1. The zero-order chi connectivity index (χ0) is 49.9. The van der Waals surface area contributed by atoms with Crippen LogP contribution in [0, 0.1) is 0 Å². The van der Waals surface area contributed by atoms with Gasteiger partial charge in [0.25, 0.3) is 0 Å². The lowest BCUT2D eigenvalue weighted by atomic mass is 10.1. The summed E-state index contributed by atoms with van der Waals surface area (Å²) in [6.07, 6.45) is 53.3. The first-order valence-corrected chi connectivity index (χ1v) is 28.7. The van der Waals surface area contributed by atoms with Crippen LogP contribution in [-0.2, 0) is 42.2 Å². The Morgan fingerprint density at radius 3 is 1.24 bits per heavy atom. The Kier molecular flexibility index (Phi) is 48.5. The minimum Gasteiger partial charge on any atom is -0.462 e. The maximum atomic E-state index is 12.9. The molecule has 3 atom stereocenters. The molecular formula is C56H99O11P. The number of rotatable bonds is 50. The van der Waals surface area contributed by atoms with Gasteiger partial charge < -0.3 is 24.2 Å². The molecule has 0 aliphatic rings. The maximum absolute atomic E-state index is 12.9. The molecule has 0 spiro atoms. The van der Waals surface area contributed by atoms with Crippen LogP contribution in [0.5, 0.6) is 0 Å². The highest BCUT2D eigenvalue weighted by atomic mass is 31.2. The van der Waals surface area contributed by atoms with Crippen LogP contribution in [-0.4, -0.2) is 66.5 Å². The second-order valence-corrected chi connectivity index (χ2v) is 19.5. The summed E-state index contributed by atoms with van der Waals surface area (Å²) in [5.41, 5.74) is 0. The van der Waals surface area contributed by atoms with Gasteiger partial charge in [0.2, 0.25) is 0 Å². The number of carbonyl (C=O) groups is 3. The Morgan fingerprint density at radius 2 is 0.779 bits per heavy atom. The van der Waals surface area contributed by atoms with Gasteiger partial charge in [-0.2, -0.15) is 0 Å². The van der Waals surface area contributed by atoms with Gasteiger partial charge >= 0.3 is 25.7 Å². The lowest BCUT2D eigenvalue weighted by molar-refractivity contribution is -0.161. The van der Waals surface area contributed by atoms with Gasteiger partial charge in [0.05, 0.1) is 19.8 Å². The summed E-state index contributed by atoms with van der Waals surface area (Å²) in [6.45, 7) is 4.45. The van der Waals surface area contributed by atoms with Crippen molar-refractivity contribution in [1.82, 2.24) is 0 Å². The SMILES string of the molecule is CC/C=C\C/C=C\C/C=C\CCCCCCCC(=O)OC(COC(=O)CCCCCCC/C=C\CCCCCCCC)COP(=O)(O)OCC(CO)OC(=O)CCCCCCC/C=C\CCCC. The maximum Gasteiger partial charge on any atom is 0.472 e. The van der Waals surface area contributed by atoms with Gasteiger partial charge in [0.15, 0.2) is 6.10 Å². The van der Waals surface area contributed by atoms with Crippen LogP contribution in [0.4, 0.5) is 0 Å². The van der Waals surface area contributed by atoms with Crippen LogP contribution in [0.3, 0.4) is 0 Å². The van der Waals surface area contributed by atoms with Crippen molar-refractivity contribution in [3.63, 3.8) is 0 Å². The largest absolute Gasteiger partial charge is 0.472 e. The van der Waals surface area contributed by atoms with E-state index < -0.39 is 57.8 Å². The summed E-state index contributed by atoms with van der Waals surface area (Å²) >= 11 is 0. The Morgan fingerprint density at radius 1 is 0.426 bits per heavy atom. The third kappa shape index (κ3) is 48.2. The van der Waals surface area contributed by atoms with E-state index in [0.717, 1.165) is 128 Å². The highest BCUT2D eigenvalue weighted by molar-refractivity contribution is 7.47. The van der Waals surface area contributed by atoms with E-state index in [0.29, 0.717) is 19.3 Å². The monoisotopic (exact) mass is 979 g/mol. The smallest absolute Gasteiger partial charge is 0.462 e. The lowest BCUT2D eigenvalue weighted by Gasteiger charge is -2.21. The third-order valence-electron chi connectivity index (χ3n) is 11.4. The number of carbonyl (C=O) groups excluding carboxylic acids is 3. The molecule has 0 aliphatic heterocycles. The first-order chi connectivity index (χ1) is 33.2. The fraction of sp³-hybridized carbons (Fsp3) is 0.768. The first-order valence-electron chi connectivity index (χ1n) is 27.2. The summed E-state index contributed by atoms with van der Waals surface area (Å²) in [7, 11) is -4.75. The van der Waals surface area contributed by atoms with Crippen LogP contribution in [0.25, 0.3) is 0 Å². The molecule has 0 radical (unpaired) electrons. The average molecular weight is 979 g/mol. The van der Waals surface area contributed by atoms with Crippen LogP contribution in [0.15, 0.2) is 60.8 Å². The number of ether oxygens (including phenoxy) is 3. The minimum absolute atomic E-state index is 0.146. The Hall–Kier alpha value is -2.82. The standard InChI is InChI=1S/C56H99O11P/c1-4-7-10-13-16-19-22-24-26-28-31-33-36-39-42-45-54(58)63-49-53(67-56(60)47-44-41-38-35-32-29-27-25-23-20-17-14-11-8-5-2)51-65-68(61,62)64-50-52(48-57)66-55(59)46-43-40-37-34-30-21-18-15-12-9-6-3/h8,11,15,17-18,20,24-27,52-53,57H,4-7,9-10,12-14,16,19,21-23,28-51H2,1-3H3,(H,61,62)/b11-8-,18-15-,20-17-,26-24-,27-25-. The van der Waals surface area contributed by atoms with Crippen molar-refractivity contribution in [3.05, 3.63) is 60.8 Å². The molecule has 0 bridgehead atoms. The lowest BCUT2D eigenvalue weighted by Crippen LogP contribution is -2.30. The summed E-state index contributed by atoms with van der Waals surface area (Å²) < 4.78 is 39.4. The van der Waals surface area contributed by atoms with Gasteiger partial charge in [-0.1, -0.05) is 184 Å².